The number of aromatic amines is 1. The molecule has 0 radical (unpaired) electrons. The van der Waals surface area contributed by atoms with E-state index in [1.54, 1.807) is 0 Å². The number of halogens is 2. The monoisotopic (exact) mass is 272 g/mol. The van der Waals surface area contributed by atoms with Gasteiger partial charge in [0, 0.05) is 6.08 Å². The van der Waals surface area contributed by atoms with Crippen LogP contribution in [-0.2, 0) is 0 Å². The predicted octanol–water partition coefficient (Wildman–Crippen LogP) is 3.90. The first kappa shape index (κ1) is 12.3. The number of nitrogens with zero attached hydrogens (tertiary/aromatic N) is 1. The molecule has 0 bridgehead atoms. The maximum atomic E-state index is 13.5. The topological polar surface area (TPSA) is 48.9 Å². The molecule has 100 valence electrons. The number of aromatic nitrogens is 2. The third-order valence-corrected chi connectivity index (χ3v) is 2.89. The predicted molar refractivity (Wildman–Crippen MR) is 73.0 cm³/mol. The van der Waals surface area contributed by atoms with Crippen molar-refractivity contribution in [1.82, 2.24) is 9.97 Å². The molecule has 1 aromatic heterocycles. The van der Waals surface area contributed by atoms with Crippen molar-refractivity contribution in [2.75, 3.05) is 0 Å². The first-order valence-corrected chi connectivity index (χ1v) is 5.94. The van der Waals surface area contributed by atoms with Crippen LogP contribution in [0.25, 0.3) is 22.9 Å². The Morgan fingerprint density at radius 2 is 1.95 bits per heavy atom. The van der Waals surface area contributed by atoms with Gasteiger partial charge in [0.25, 0.3) is 0 Å². The second-order valence-electron chi connectivity index (χ2n) is 4.29. The largest absolute Gasteiger partial charge is 0.507 e. The van der Waals surface area contributed by atoms with Crippen LogP contribution in [0.2, 0.25) is 0 Å². The Morgan fingerprint density at radius 3 is 2.75 bits per heavy atom. The number of fused-ring (bicyclic) bond motifs is 1. The summed E-state index contributed by atoms with van der Waals surface area (Å²) in [6, 6.07) is 10.2. The number of hydrogen-bond donors (Lipinski definition) is 2. The summed E-state index contributed by atoms with van der Waals surface area (Å²) in [5.41, 5.74) is 1.32. The number of nitrogens with one attached hydrogen (secondary N) is 1. The van der Waals surface area contributed by atoms with Gasteiger partial charge < -0.3 is 10.1 Å². The van der Waals surface area contributed by atoms with Gasteiger partial charge >= 0.3 is 0 Å². The molecule has 0 fully saturated rings. The van der Waals surface area contributed by atoms with E-state index in [1.165, 1.54) is 6.08 Å². The molecule has 20 heavy (non-hydrogen) atoms. The zero-order chi connectivity index (χ0) is 14.1. The third kappa shape index (κ3) is 2.25. The summed E-state index contributed by atoms with van der Waals surface area (Å²) in [5.74, 6) is -1.34. The van der Waals surface area contributed by atoms with E-state index in [4.69, 9.17) is 0 Å². The highest BCUT2D eigenvalue weighted by atomic mass is 19.1. The summed E-state index contributed by atoms with van der Waals surface area (Å²) in [6.45, 7) is 0. The lowest BCUT2D eigenvalue weighted by atomic mass is 10.1. The molecular formula is C15H10F2N2O. The second-order valence-corrected chi connectivity index (χ2v) is 4.29. The molecule has 0 spiro atoms. The molecule has 0 atom stereocenters. The van der Waals surface area contributed by atoms with Crippen LogP contribution in [0, 0.1) is 11.6 Å². The molecule has 0 unspecified atom stereocenters. The van der Waals surface area contributed by atoms with E-state index in [-0.39, 0.29) is 11.3 Å². The first-order valence-electron chi connectivity index (χ1n) is 5.94. The van der Waals surface area contributed by atoms with Crippen molar-refractivity contribution in [2.24, 2.45) is 0 Å². The van der Waals surface area contributed by atoms with Gasteiger partial charge in [0.15, 0.2) is 0 Å². The lowest BCUT2D eigenvalue weighted by Crippen LogP contribution is -1.91. The molecule has 0 aliphatic carbocycles. The average molecular weight is 272 g/mol. The van der Waals surface area contributed by atoms with Gasteiger partial charge in [0.05, 0.1) is 16.6 Å². The maximum Gasteiger partial charge on any atom is 0.134 e. The Kier molecular flexibility index (Phi) is 2.95. The molecule has 3 nitrogen and oxygen atoms in total. The summed E-state index contributed by atoms with van der Waals surface area (Å²) in [6.07, 6.45) is 1.26. The van der Waals surface area contributed by atoms with E-state index < -0.39 is 11.6 Å². The molecule has 0 aliphatic rings. The minimum absolute atomic E-state index is 0.203. The van der Waals surface area contributed by atoms with Crippen molar-refractivity contribution >= 4 is 22.9 Å². The number of hydrogen-bond acceptors (Lipinski definition) is 2. The Balaban J connectivity index is 2.04. The Bertz CT molecular complexity index is 775. The first-order chi connectivity index (χ1) is 9.63. The van der Waals surface area contributed by atoms with Crippen molar-refractivity contribution in [3.8, 4) is 0 Å². The molecule has 0 amide bonds. The van der Waals surface area contributed by atoms with Crippen LogP contribution < -0.4 is 0 Å². The maximum absolute atomic E-state index is 13.5. The van der Waals surface area contributed by atoms with Crippen LogP contribution in [0.5, 0.6) is 0 Å². The van der Waals surface area contributed by atoms with Crippen LogP contribution in [0.4, 0.5) is 8.78 Å². The van der Waals surface area contributed by atoms with Crippen LogP contribution in [0.15, 0.2) is 42.5 Å². The number of H-pyrrole nitrogens is 1. The zero-order valence-electron chi connectivity index (χ0n) is 10.3. The van der Waals surface area contributed by atoms with E-state index in [0.29, 0.717) is 5.82 Å². The highest BCUT2D eigenvalue weighted by Crippen LogP contribution is 2.20. The summed E-state index contributed by atoms with van der Waals surface area (Å²) in [5, 5.41) is 9.90. The SMILES string of the molecule is O/C(=C\c1nc2ccccc2[nH]1)c1cc(F)ccc1F. The molecular weight excluding hydrogens is 262 g/mol. The summed E-state index contributed by atoms with van der Waals surface area (Å²) >= 11 is 0. The van der Waals surface area contributed by atoms with Crippen molar-refractivity contribution in [1.29, 1.82) is 0 Å². The highest BCUT2D eigenvalue weighted by Gasteiger charge is 2.09. The van der Waals surface area contributed by atoms with Gasteiger partial charge in [0.2, 0.25) is 0 Å². The van der Waals surface area contributed by atoms with Crippen molar-refractivity contribution in [2.45, 2.75) is 0 Å². The zero-order valence-corrected chi connectivity index (χ0v) is 10.3. The van der Waals surface area contributed by atoms with Gasteiger partial charge in [-0.15, -0.1) is 0 Å². The van der Waals surface area contributed by atoms with Crippen LogP contribution >= 0.6 is 0 Å². The van der Waals surface area contributed by atoms with Crippen LogP contribution in [-0.4, -0.2) is 15.1 Å². The van der Waals surface area contributed by atoms with E-state index in [9.17, 15) is 13.9 Å². The van der Waals surface area contributed by atoms with Crippen LogP contribution in [0.1, 0.15) is 11.4 Å². The molecule has 2 N–H and O–H groups in total. The molecule has 1 heterocycles. The molecule has 5 heteroatoms. The summed E-state index contributed by atoms with van der Waals surface area (Å²) in [4.78, 5) is 7.19. The fourth-order valence-corrected chi connectivity index (χ4v) is 1.94. The molecule has 0 aliphatic heterocycles. The lowest BCUT2D eigenvalue weighted by Gasteiger charge is -2.01. The number of aliphatic hydroxyl groups is 1. The van der Waals surface area contributed by atoms with Crippen molar-refractivity contribution in [3.63, 3.8) is 0 Å². The van der Waals surface area contributed by atoms with Gasteiger partial charge in [-0.1, -0.05) is 12.1 Å². The molecule has 3 rings (SSSR count). The van der Waals surface area contributed by atoms with Gasteiger partial charge in [0.1, 0.15) is 23.2 Å². The molecule has 2 aromatic carbocycles. The average Bonchev–Trinajstić information content (AvgIpc) is 2.83. The summed E-state index contributed by atoms with van der Waals surface area (Å²) < 4.78 is 26.6. The highest BCUT2D eigenvalue weighted by molar-refractivity contribution is 5.80. The third-order valence-electron chi connectivity index (χ3n) is 2.89. The molecule has 0 saturated carbocycles. The number of benzene rings is 2. The van der Waals surface area contributed by atoms with Crippen molar-refractivity contribution in [3.05, 3.63) is 65.5 Å². The van der Waals surface area contributed by atoms with E-state index in [1.807, 2.05) is 24.3 Å². The van der Waals surface area contributed by atoms with E-state index in [2.05, 4.69) is 9.97 Å². The number of rotatable bonds is 2. The molecule has 3 aromatic rings. The quantitative estimate of drug-likeness (QED) is 0.695. The fourth-order valence-electron chi connectivity index (χ4n) is 1.94. The minimum Gasteiger partial charge on any atom is -0.507 e. The minimum atomic E-state index is -0.698. The number of para-hydroxylation sites is 2. The van der Waals surface area contributed by atoms with E-state index in [0.717, 1.165) is 29.2 Å². The summed E-state index contributed by atoms with van der Waals surface area (Å²) in [7, 11) is 0. The number of aliphatic hydroxyl groups excluding tert-OH is 1. The Morgan fingerprint density at radius 1 is 1.15 bits per heavy atom. The van der Waals surface area contributed by atoms with E-state index >= 15 is 0 Å². The normalized spacial score (nSPS) is 12.0. The van der Waals surface area contributed by atoms with Gasteiger partial charge in [-0.25, -0.2) is 13.8 Å². The Labute approximate surface area is 113 Å². The Hall–Kier alpha value is -2.69. The van der Waals surface area contributed by atoms with Gasteiger partial charge in [-0.2, -0.15) is 0 Å². The van der Waals surface area contributed by atoms with Gasteiger partial charge in [-0.3, -0.25) is 0 Å². The second kappa shape index (κ2) is 4.77. The standard InChI is InChI=1S/C15H10F2N2O/c16-9-5-6-11(17)10(7-9)14(20)8-15-18-12-3-1-2-4-13(12)19-15/h1-8,20H,(H,18,19)/b14-8-. The van der Waals surface area contributed by atoms with Gasteiger partial charge in [-0.05, 0) is 30.3 Å². The lowest BCUT2D eigenvalue weighted by molar-refractivity contribution is 0.503. The van der Waals surface area contributed by atoms with Crippen LogP contribution in [0.3, 0.4) is 0 Å². The smallest absolute Gasteiger partial charge is 0.134 e. The molecule has 0 saturated heterocycles. The van der Waals surface area contributed by atoms with Crippen molar-refractivity contribution < 1.29 is 13.9 Å². The fraction of sp³-hybridized carbons (Fsp3) is 0. The number of imidazole rings is 1.